The molecule has 4 N–H and O–H groups in total. The van der Waals surface area contributed by atoms with Gasteiger partial charge in [0.2, 0.25) is 11.8 Å². The van der Waals surface area contributed by atoms with Gasteiger partial charge in [-0.25, -0.2) is 9.36 Å². The Balaban J connectivity index is 0.000000189. The molecule has 10 nitrogen and oxygen atoms in total. The average molecular weight is 798 g/mol. The Labute approximate surface area is 340 Å². The Hall–Kier alpha value is -7.21. The summed E-state index contributed by atoms with van der Waals surface area (Å²) in [6.45, 7) is 3.98. The fourth-order valence-corrected chi connectivity index (χ4v) is 5.99. The summed E-state index contributed by atoms with van der Waals surface area (Å²) in [6, 6.07) is 48.3. The number of aryl methyl sites for hydroxylation is 2. The van der Waals surface area contributed by atoms with Gasteiger partial charge in [0, 0.05) is 40.3 Å². The molecule has 57 heavy (non-hydrogen) atoms. The van der Waals surface area contributed by atoms with E-state index in [1.165, 1.54) is 21.8 Å². The minimum Gasteiger partial charge on any atom is -0.506 e. The molecule has 8 aromatic rings. The van der Waals surface area contributed by atoms with Crippen molar-refractivity contribution in [1.82, 2.24) is 19.6 Å². The van der Waals surface area contributed by atoms with E-state index in [0.717, 1.165) is 33.6 Å². The fourth-order valence-electron chi connectivity index (χ4n) is 5.99. The first kappa shape index (κ1) is 39.5. The molecule has 0 unspecified atom stereocenters. The van der Waals surface area contributed by atoms with Crippen molar-refractivity contribution < 1.29 is 37.2 Å². The van der Waals surface area contributed by atoms with E-state index in [4.69, 9.17) is 0 Å². The molecule has 0 saturated heterocycles. The van der Waals surface area contributed by atoms with Gasteiger partial charge in [0.1, 0.15) is 34.3 Å². The fraction of sp³-hybridized carbons (Fsp3) is 0.0435. The van der Waals surface area contributed by atoms with E-state index < -0.39 is 0 Å². The van der Waals surface area contributed by atoms with Crippen LogP contribution < -0.4 is 0 Å². The average Bonchev–Trinajstić information content (AvgIpc) is 3.73. The van der Waals surface area contributed by atoms with E-state index in [9.17, 15) is 20.4 Å². The molecule has 0 saturated carbocycles. The van der Waals surface area contributed by atoms with Gasteiger partial charge in [-0.3, -0.25) is 9.98 Å². The largest absolute Gasteiger partial charge is 0.506 e. The SMILES string of the molecule is Cc1cccc(-n2nc(-c3ccccc3)c(C=Nc3ccccc3O)c2O)c1.Cc1cccc(-n2nc(-c3ccccc3)c(C=Nc3ccccc3O)c2O)c1.[Co]. The van der Waals surface area contributed by atoms with Gasteiger partial charge in [0.25, 0.3) is 0 Å². The number of phenols is 2. The molecular weight excluding hydrogens is 759 g/mol. The zero-order valence-electron chi connectivity index (χ0n) is 31.0. The normalized spacial score (nSPS) is 11.0. The minimum atomic E-state index is -0.0105. The molecular formula is C46H38CoN6O4. The number of nitrogens with zero attached hydrogens (tertiary/aromatic N) is 6. The summed E-state index contributed by atoms with van der Waals surface area (Å²) in [7, 11) is 0. The third-order valence-electron chi connectivity index (χ3n) is 8.81. The number of hydrogen-bond donors (Lipinski definition) is 4. The van der Waals surface area contributed by atoms with Gasteiger partial charge >= 0.3 is 0 Å². The number of aromatic hydroxyl groups is 4. The predicted octanol–water partition coefficient (Wildman–Crippen LogP) is 10.0. The van der Waals surface area contributed by atoms with Crippen LogP contribution >= 0.6 is 0 Å². The second-order valence-corrected chi connectivity index (χ2v) is 12.9. The Morgan fingerprint density at radius 1 is 0.456 bits per heavy atom. The first-order valence-corrected chi connectivity index (χ1v) is 17.8. The quantitative estimate of drug-likeness (QED) is 0.113. The van der Waals surface area contributed by atoms with Crippen LogP contribution in [0.4, 0.5) is 11.4 Å². The van der Waals surface area contributed by atoms with E-state index >= 15 is 0 Å². The van der Waals surface area contributed by atoms with Crippen molar-refractivity contribution in [2.75, 3.05) is 0 Å². The van der Waals surface area contributed by atoms with Gasteiger partial charge in [0.05, 0.1) is 22.5 Å². The maximum atomic E-state index is 10.9. The van der Waals surface area contributed by atoms with E-state index in [1.54, 1.807) is 48.5 Å². The van der Waals surface area contributed by atoms with Crippen molar-refractivity contribution >= 4 is 23.8 Å². The maximum absolute atomic E-state index is 10.9. The summed E-state index contributed by atoms with van der Waals surface area (Å²) in [5, 5.41) is 51.0. The van der Waals surface area contributed by atoms with Crippen LogP contribution in [0.25, 0.3) is 33.9 Å². The molecule has 6 aromatic carbocycles. The first-order chi connectivity index (χ1) is 27.3. The molecule has 8 rings (SSSR count). The molecule has 0 fully saturated rings. The smallest absolute Gasteiger partial charge is 0.223 e. The van der Waals surface area contributed by atoms with Gasteiger partial charge in [-0.1, -0.05) is 109 Å². The summed E-state index contributed by atoms with van der Waals surface area (Å²) in [5.41, 5.74) is 8.41. The second kappa shape index (κ2) is 17.9. The summed E-state index contributed by atoms with van der Waals surface area (Å²) in [4.78, 5) is 8.72. The van der Waals surface area contributed by atoms with Crippen LogP contribution in [0.15, 0.2) is 168 Å². The molecule has 11 heteroatoms. The molecule has 2 heterocycles. The van der Waals surface area contributed by atoms with Crippen molar-refractivity contribution in [3.05, 3.63) is 180 Å². The molecule has 0 amide bonds. The molecule has 0 spiro atoms. The van der Waals surface area contributed by atoms with Crippen LogP contribution in [0.2, 0.25) is 0 Å². The van der Waals surface area contributed by atoms with Crippen LogP contribution in [-0.4, -0.2) is 52.4 Å². The first-order valence-electron chi connectivity index (χ1n) is 17.8. The molecule has 1 radical (unpaired) electrons. The van der Waals surface area contributed by atoms with Crippen molar-refractivity contribution in [2.45, 2.75) is 13.8 Å². The zero-order valence-corrected chi connectivity index (χ0v) is 32.0. The summed E-state index contributed by atoms with van der Waals surface area (Å²) in [6.07, 6.45) is 3.07. The van der Waals surface area contributed by atoms with E-state index in [2.05, 4.69) is 20.2 Å². The molecule has 285 valence electrons. The van der Waals surface area contributed by atoms with E-state index in [1.807, 2.05) is 123 Å². The monoisotopic (exact) mass is 797 g/mol. The molecule has 2 aromatic heterocycles. The van der Waals surface area contributed by atoms with Crippen molar-refractivity contribution in [3.63, 3.8) is 0 Å². The van der Waals surface area contributed by atoms with Gasteiger partial charge in [-0.15, -0.1) is 0 Å². The Bertz CT molecular complexity index is 2490. The van der Waals surface area contributed by atoms with E-state index in [-0.39, 0.29) is 40.0 Å². The Morgan fingerprint density at radius 3 is 1.19 bits per heavy atom. The minimum absolute atomic E-state index is 0. The van der Waals surface area contributed by atoms with Crippen LogP contribution in [0.1, 0.15) is 22.3 Å². The number of hydrogen-bond acceptors (Lipinski definition) is 8. The summed E-state index contributed by atoms with van der Waals surface area (Å²) >= 11 is 0. The maximum Gasteiger partial charge on any atom is 0.223 e. The van der Waals surface area contributed by atoms with Gasteiger partial charge in [-0.2, -0.15) is 10.2 Å². The van der Waals surface area contributed by atoms with E-state index in [0.29, 0.717) is 33.9 Å². The van der Waals surface area contributed by atoms with Crippen LogP contribution in [-0.2, 0) is 16.8 Å². The molecule has 0 bridgehead atoms. The second-order valence-electron chi connectivity index (χ2n) is 12.9. The Morgan fingerprint density at radius 2 is 0.825 bits per heavy atom. The van der Waals surface area contributed by atoms with Gasteiger partial charge in [-0.05, 0) is 73.5 Å². The Kier molecular flexibility index (Phi) is 12.4. The predicted molar refractivity (Wildman–Crippen MR) is 222 cm³/mol. The van der Waals surface area contributed by atoms with Crippen LogP contribution in [0.5, 0.6) is 23.3 Å². The topological polar surface area (TPSA) is 141 Å². The summed E-state index contributed by atoms with van der Waals surface area (Å²) < 4.78 is 3.00. The number of aromatic nitrogens is 4. The number of rotatable bonds is 8. The third kappa shape index (κ3) is 9.02. The van der Waals surface area contributed by atoms with Crippen molar-refractivity contribution in [2.24, 2.45) is 9.98 Å². The van der Waals surface area contributed by atoms with Crippen molar-refractivity contribution in [1.29, 1.82) is 0 Å². The number of aliphatic imine (C=N–C) groups is 2. The standard InChI is InChI=1S/2C23H19N3O2.Co/c2*1-16-8-7-11-18(14-16)26-23(28)19(15-24-20-12-5-6-13-21(20)27)22(25-26)17-9-3-2-4-10-17;/h2*2-15,27-28H,1H3;. The zero-order chi connectivity index (χ0) is 39.0. The van der Waals surface area contributed by atoms with Crippen molar-refractivity contribution in [3.8, 4) is 57.1 Å². The molecule has 0 aliphatic carbocycles. The van der Waals surface area contributed by atoms with Gasteiger partial charge < -0.3 is 20.4 Å². The molecule has 0 aliphatic heterocycles. The number of para-hydroxylation sites is 4. The van der Waals surface area contributed by atoms with Crippen LogP contribution in [0.3, 0.4) is 0 Å². The molecule has 0 aliphatic rings. The van der Waals surface area contributed by atoms with Gasteiger partial charge in [0.15, 0.2) is 0 Å². The third-order valence-corrected chi connectivity index (χ3v) is 8.81. The summed E-state index contributed by atoms with van der Waals surface area (Å²) in [5.74, 6) is 0.128. The van der Waals surface area contributed by atoms with Crippen LogP contribution in [0, 0.1) is 13.8 Å². The number of phenolic OH excluding ortho intramolecular Hbond substituents is 2. The number of benzene rings is 6. The molecule has 0 atom stereocenters.